The third kappa shape index (κ3) is 3.45. The van der Waals surface area contributed by atoms with Crippen LogP contribution < -0.4 is 10.5 Å². The predicted octanol–water partition coefficient (Wildman–Crippen LogP) is 4.75. The number of benzene rings is 2. The van der Waals surface area contributed by atoms with Crippen molar-refractivity contribution >= 4 is 49.3 Å². The molecule has 7 heteroatoms. The molecule has 2 aromatic carbocycles. The van der Waals surface area contributed by atoms with Crippen molar-refractivity contribution in [2.45, 2.75) is 0 Å². The first-order valence-corrected chi connectivity index (χ1v) is 7.38. The predicted molar refractivity (Wildman–Crippen MR) is 85.9 cm³/mol. The smallest absolute Gasteiger partial charge is 0.173 e. The van der Waals surface area contributed by atoms with Crippen LogP contribution in [0.4, 0.5) is 0 Å². The molecule has 0 heterocycles. The number of oxime groups is 1. The molecule has 104 valence electrons. The van der Waals surface area contributed by atoms with Gasteiger partial charge in [0.15, 0.2) is 5.84 Å². The van der Waals surface area contributed by atoms with Gasteiger partial charge in [0, 0.05) is 8.95 Å². The van der Waals surface area contributed by atoms with E-state index in [1.54, 1.807) is 30.3 Å². The summed E-state index contributed by atoms with van der Waals surface area (Å²) in [7, 11) is 0. The van der Waals surface area contributed by atoms with Gasteiger partial charge in [-0.2, -0.15) is 0 Å². The van der Waals surface area contributed by atoms with Crippen molar-refractivity contribution in [3.63, 3.8) is 0 Å². The van der Waals surface area contributed by atoms with E-state index in [0.717, 1.165) is 8.95 Å². The fourth-order valence-corrected chi connectivity index (χ4v) is 2.59. The molecular formula is C13H9Br2ClN2O2. The molecule has 0 radical (unpaired) electrons. The van der Waals surface area contributed by atoms with Crippen molar-refractivity contribution in [2.75, 3.05) is 0 Å². The van der Waals surface area contributed by atoms with Gasteiger partial charge in [-0.05, 0) is 36.4 Å². The molecule has 0 aliphatic heterocycles. The van der Waals surface area contributed by atoms with Gasteiger partial charge in [-0.3, -0.25) is 0 Å². The van der Waals surface area contributed by atoms with Gasteiger partial charge in [0.25, 0.3) is 0 Å². The molecule has 2 aromatic rings. The van der Waals surface area contributed by atoms with Crippen LogP contribution >= 0.6 is 43.5 Å². The maximum absolute atomic E-state index is 8.82. The fraction of sp³-hybridized carbons (Fsp3) is 0. The number of amidine groups is 1. The first-order chi connectivity index (χ1) is 9.51. The number of nitrogens with two attached hydrogens (primary N) is 1. The third-order valence-electron chi connectivity index (χ3n) is 2.44. The number of hydrogen-bond acceptors (Lipinski definition) is 3. The van der Waals surface area contributed by atoms with Gasteiger partial charge in [0.05, 0.1) is 10.6 Å². The van der Waals surface area contributed by atoms with Crippen molar-refractivity contribution < 1.29 is 9.94 Å². The SMILES string of the molecule is N/C(=N/O)c1cc(Br)ccc1Oc1ccc(Br)cc1Cl. The van der Waals surface area contributed by atoms with E-state index in [1.165, 1.54) is 0 Å². The molecule has 0 spiro atoms. The number of nitrogens with zero attached hydrogens (tertiary/aromatic N) is 1. The molecule has 3 N–H and O–H groups in total. The molecular weight excluding hydrogens is 411 g/mol. The molecule has 0 saturated heterocycles. The van der Waals surface area contributed by atoms with Crippen LogP contribution in [0.2, 0.25) is 5.02 Å². The normalized spacial score (nSPS) is 11.4. The summed E-state index contributed by atoms with van der Waals surface area (Å²) in [6, 6.07) is 10.4. The lowest BCUT2D eigenvalue weighted by Crippen LogP contribution is -2.14. The van der Waals surface area contributed by atoms with Gasteiger partial charge in [0.1, 0.15) is 11.5 Å². The maximum Gasteiger partial charge on any atom is 0.173 e. The highest BCUT2D eigenvalue weighted by Crippen LogP contribution is 2.34. The highest BCUT2D eigenvalue weighted by molar-refractivity contribution is 9.10. The number of rotatable bonds is 3. The summed E-state index contributed by atoms with van der Waals surface area (Å²) in [6.07, 6.45) is 0. The first-order valence-electron chi connectivity index (χ1n) is 5.41. The molecule has 0 aliphatic rings. The molecule has 0 aliphatic carbocycles. The molecule has 0 fully saturated rings. The third-order valence-corrected chi connectivity index (χ3v) is 3.72. The van der Waals surface area contributed by atoms with Crippen molar-refractivity contribution in [1.29, 1.82) is 0 Å². The summed E-state index contributed by atoms with van der Waals surface area (Å²) in [5, 5.41) is 12.3. The Labute approximate surface area is 137 Å². The molecule has 0 atom stereocenters. The summed E-state index contributed by atoms with van der Waals surface area (Å²) >= 11 is 12.7. The quantitative estimate of drug-likeness (QED) is 0.326. The molecule has 4 nitrogen and oxygen atoms in total. The largest absolute Gasteiger partial charge is 0.455 e. The fourth-order valence-electron chi connectivity index (χ4n) is 1.52. The Morgan fingerprint density at radius 2 is 1.70 bits per heavy atom. The zero-order valence-electron chi connectivity index (χ0n) is 9.98. The van der Waals surface area contributed by atoms with Crippen molar-refractivity contribution in [1.82, 2.24) is 0 Å². The minimum atomic E-state index is -0.0467. The second kappa shape index (κ2) is 6.47. The van der Waals surface area contributed by atoms with Gasteiger partial charge < -0.3 is 15.7 Å². The van der Waals surface area contributed by atoms with Crippen molar-refractivity contribution in [2.24, 2.45) is 10.9 Å². The Kier molecular flexibility index (Phi) is 4.91. The number of hydrogen-bond donors (Lipinski definition) is 2. The van der Waals surface area contributed by atoms with Crippen LogP contribution in [0.1, 0.15) is 5.56 Å². The highest BCUT2D eigenvalue weighted by atomic mass is 79.9. The van der Waals surface area contributed by atoms with Gasteiger partial charge >= 0.3 is 0 Å². The number of ether oxygens (including phenoxy) is 1. The zero-order valence-corrected chi connectivity index (χ0v) is 13.9. The van der Waals surface area contributed by atoms with E-state index in [0.29, 0.717) is 22.1 Å². The second-order valence-electron chi connectivity index (χ2n) is 3.80. The van der Waals surface area contributed by atoms with Gasteiger partial charge in [-0.1, -0.05) is 48.6 Å². The van der Waals surface area contributed by atoms with Crippen LogP contribution in [0, 0.1) is 0 Å². The summed E-state index contributed by atoms with van der Waals surface area (Å²) < 4.78 is 7.36. The average molecular weight is 420 g/mol. The van der Waals surface area contributed by atoms with Gasteiger partial charge in [-0.15, -0.1) is 0 Å². The summed E-state index contributed by atoms with van der Waals surface area (Å²) in [5.74, 6) is 0.867. The average Bonchev–Trinajstić information content (AvgIpc) is 2.42. The molecule has 2 rings (SSSR count). The summed E-state index contributed by atoms with van der Waals surface area (Å²) in [5.41, 5.74) is 6.10. The lowest BCUT2D eigenvalue weighted by Gasteiger charge is -2.12. The first kappa shape index (κ1) is 15.2. The highest BCUT2D eigenvalue weighted by Gasteiger charge is 2.12. The second-order valence-corrected chi connectivity index (χ2v) is 6.04. The Bertz CT molecular complexity index is 677. The molecule has 0 unspecified atom stereocenters. The Balaban J connectivity index is 2.43. The molecule has 20 heavy (non-hydrogen) atoms. The van der Waals surface area contributed by atoms with Crippen LogP contribution in [0.25, 0.3) is 0 Å². The molecule has 0 aromatic heterocycles. The summed E-state index contributed by atoms with van der Waals surface area (Å²) in [6.45, 7) is 0. The summed E-state index contributed by atoms with van der Waals surface area (Å²) in [4.78, 5) is 0. The lowest BCUT2D eigenvalue weighted by atomic mass is 10.2. The van der Waals surface area contributed by atoms with E-state index in [2.05, 4.69) is 37.0 Å². The van der Waals surface area contributed by atoms with E-state index in [9.17, 15) is 0 Å². The van der Waals surface area contributed by atoms with Gasteiger partial charge in [-0.25, -0.2) is 0 Å². The minimum absolute atomic E-state index is 0.0467. The van der Waals surface area contributed by atoms with E-state index in [4.69, 9.17) is 27.3 Å². The van der Waals surface area contributed by atoms with Crippen LogP contribution in [-0.4, -0.2) is 11.0 Å². The molecule has 0 saturated carbocycles. The van der Waals surface area contributed by atoms with Crippen LogP contribution in [0.15, 0.2) is 50.5 Å². The van der Waals surface area contributed by atoms with Crippen molar-refractivity contribution in [3.05, 3.63) is 55.9 Å². The molecule has 0 amide bonds. The van der Waals surface area contributed by atoms with Crippen LogP contribution in [-0.2, 0) is 0 Å². The standard InChI is InChI=1S/C13H9Br2ClN2O2/c14-7-1-3-11(9(5-7)13(17)18-19)20-12-4-2-8(15)6-10(12)16/h1-6,19H,(H2,17,18). The maximum atomic E-state index is 8.82. The molecule has 0 bridgehead atoms. The number of halogens is 3. The van der Waals surface area contributed by atoms with Gasteiger partial charge in [0.2, 0.25) is 0 Å². The lowest BCUT2D eigenvalue weighted by molar-refractivity contribution is 0.318. The minimum Gasteiger partial charge on any atom is -0.455 e. The Morgan fingerprint density at radius 3 is 2.30 bits per heavy atom. The van der Waals surface area contributed by atoms with Crippen LogP contribution in [0.3, 0.4) is 0 Å². The topological polar surface area (TPSA) is 67.8 Å². The monoisotopic (exact) mass is 418 g/mol. The van der Waals surface area contributed by atoms with Crippen LogP contribution in [0.5, 0.6) is 11.5 Å². The Hall–Kier alpha value is -1.24. The van der Waals surface area contributed by atoms with E-state index < -0.39 is 0 Å². The van der Waals surface area contributed by atoms with E-state index >= 15 is 0 Å². The van der Waals surface area contributed by atoms with Crippen molar-refractivity contribution in [3.8, 4) is 11.5 Å². The Morgan fingerprint density at radius 1 is 1.10 bits per heavy atom. The van der Waals surface area contributed by atoms with E-state index in [1.807, 2.05) is 6.07 Å². The van der Waals surface area contributed by atoms with E-state index in [-0.39, 0.29) is 5.84 Å². The zero-order chi connectivity index (χ0) is 14.7.